The van der Waals surface area contributed by atoms with Gasteiger partial charge in [-0.05, 0) is 67.4 Å². The maximum absolute atomic E-state index is 12.7. The van der Waals surface area contributed by atoms with Crippen molar-refractivity contribution in [2.45, 2.75) is 31.8 Å². The molecule has 1 aliphatic rings. The maximum Gasteiger partial charge on any atom is 0.234 e. The number of anilines is 1. The SMILES string of the molecule is COc1ccc(-c2c(C#N)c(SCC(=O)Nc3cc(C)cc(C)c3)nc3c2CN(C)CC3)cc1. The van der Waals surface area contributed by atoms with Crippen molar-refractivity contribution >= 4 is 23.4 Å². The van der Waals surface area contributed by atoms with E-state index in [0.717, 1.165) is 64.5 Å². The van der Waals surface area contributed by atoms with Crippen LogP contribution in [0.1, 0.15) is 27.9 Å². The molecule has 0 saturated carbocycles. The van der Waals surface area contributed by atoms with Gasteiger partial charge in [-0.1, -0.05) is 30.0 Å². The second-order valence-corrected chi connectivity index (χ2v) is 9.60. The molecule has 1 aromatic heterocycles. The predicted molar refractivity (Wildman–Crippen MR) is 136 cm³/mol. The highest BCUT2D eigenvalue weighted by Gasteiger charge is 2.25. The summed E-state index contributed by atoms with van der Waals surface area (Å²) in [7, 11) is 3.71. The Hall–Kier alpha value is -3.34. The number of benzene rings is 2. The molecule has 0 unspecified atom stereocenters. The van der Waals surface area contributed by atoms with Crippen molar-refractivity contribution in [3.8, 4) is 22.9 Å². The quantitative estimate of drug-likeness (QED) is 0.511. The third-order valence-electron chi connectivity index (χ3n) is 5.84. The minimum Gasteiger partial charge on any atom is -0.497 e. The molecule has 1 amide bonds. The van der Waals surface area contributed by atoms with E-state index in [1.54, 1.807) is 7.11 Å². The number of carbonyl (C=O) groups excluding carboxylic acids is 1. The zero-order valence-corrected chi connectivity index (χ0v) is 20.8. The minimum absolute atomic E-state index is 0.121. The third-order valence-corrected chi connectivity index (χ3v) is 6.82. The monoisotopic (exact) mass is 472 g/mol. The summed E-state index contributed by atoms with van der Waals surface area (Å²) in [6, 6.07) is 16.1. The Bertz CT molecular complexity index is 1240. The van der Waals surface area contributed by atoms with E-state index in [9.17, 15) is 10.1 Å². The summed E-state index contributed by atoms with van der Waals surface area (Å²) in [4.78, 5) is 19.8. The molecule has 0 radical (unpaired) electrons. The van der Waals surface area contributed by atoms with E-state index in [-0.39, 0.29) is 11.7 Å². The first-order chi connectivity index (χ1) is 16.4. The zero-order valence-electron chi connectivity index (χ0n) is 19.9. The second kappa shape index (κ2) is 10.3. The van der Waals surface area contributed by atoms with Gasteiger partial charge >= 0.3 is 0 Å². The molecule has 0 atom stereocenters. The van der Waals surface area contributed by atoms with Crippen molar-refractivity contribution < 1.29 is 9.53 Å². The summed E-state index contributed by atoms with van der Waals surface area (Å²) in [5, 5.41) is 13.7. The molecule has 2 heterocycles. The van der Waals surface area contributed by atoms with Gasteiger partial charge in [0.1, 0.15) is 16.8 Å². The van der Waals surface area contributed by atoms with Crippen LogP contribution in [0.4, 0.5) is 5.69 Å². The highest BCUT2D eigenvalue weighted by molar-refractivity contribution is 8.00. The van der Waals surface area contributed by atoms with Gasteiger partial charge < -0.3 is 15.0 Å². The Morgan fingerprint density at radius 2 is 1.91 bits per heavy atom. The van der Waals surface area contributed by atoms with E-state index < -0.39 is 0 Å². The van der Waals surface area contributed by atoms with Gasteiger partial charge in [0.2, 0.25) is 5.91 Å². The molecular weight excluding hydrogens is 444 g/mol. The Morgan fingerprint density at radius 1 is 1.21 bits per heavy atom. The first kappa shape index (κ1) is 23.8. The molecule has 0 saturated heterocycles. The summed E-state index contributed by atoms with van der Waals surface area (Å²) in [5.41, 5.74) is 7.43. The minimum atomic E-state index is -0.121. The molecule has 0 fully saturated rings. The van der Waals surface area contributed by atoms with Crippen LogP contribution < -0.4 is 10.1 Å². The van der Waals surface area contributed by atoms with Crippen LogP contribution >= 0.6 is 11.8 Å². The number of pyridine rings is 1. The van der Waals surface area contributed by atoms with E-state index in [1.165, 1.54) is 11.8 Å². The van der Waals surface area contributed by atoms with Crippen molar-refractivity contribution in [1.29, 1.82) is 5.26 Å². The number of likely N-dealkylation sites (N-methyl/N-ethyl adjacent to an activating group) is 1. The van der Waals surface area contributed by atoms with Crippen LogP contribution in [0.25, 0.3) is 11.1 Å². The number of rotatable bonds is 6. The standard InChI is InChI=1S/C27H28N4O2S/c1-17-11-18(2)13-20(12-17)29-25(32)16-34-27-22(14-28)26(19-5-7-21(33-4)8-6-19)23-15-31(3)10-9-24(23)30-27/h5-8,11-13H,9-10,15-16H2,1-4H3,(H,29,32). The first-order valence-corrected chi connectivity index (χ1v) is 12.2. The van der Waals surface area contributed by atoms with Gasteiger partial charge in [-0.2, -0.15) is 5.26 Å². The highest BCUT2D eigenvalue weighted by atomic mass is 32.2. The van der Waals surface area contributed by atoms with Crippen LogP contribution in [0.3, 0.4) is 0 Å². The van der Waals surface area contributed by atoms with Gasteiger partial charge in [0.25, 0.3) is 0 Å². The number of hydrogen-bond acceptors (Lipinski definition) is 6. The average molecular weight is 473 g/mol. The first-order valence-electron chi connectivity index (χ1n) is 11.2. The Morgan fingerprint density at radius 3 is 2.56 bits per heavy atom. The molecule has 0 spiro atoms. The van der Waals surface area contributed by atoms with E-state index in [2.05, 4.69) is 29.4 Å². The lowest BCUT2D eigenvalue weighted by Gasteiger charge is -2.28. The van der Waals surface area contributed by atoms with Gasteiger partial charge in [0, 0.05) is 36.5 Å². The number of thioether (sulfide) groups is 1. The molecule has 4 rings (SSSR count). The van der Waals surface area contributed by atoms with Crippen molar-refractivity contribution in [1.82, 2.24) is 9.88 Å². The zero-order chi connectivity index (χ0) is 24.2. The third kappa shape index (κ3) is 5.24. The fourth-order valence-corrected chi connectivity index (χ4v) is 5.14. The molecule has 1 N–H and O–H groups in total. The van der Waals surface area contributed by atoms with E-state index in [1.807, 2.05) is 50.2 Å². The lowest BCUT2D eigenvalue weighted by Crippen LogP contribution is -2.28. The van der Waals surface area contributed by atoms with E-state index >= 15 is 0 Å². The molecule has 7 heteroatoms. The van der Waals surface area contributed by atoms with E-state index in [4.69, 9.17) is 9.72 Å². The van der Waals surface area contributed by atoms with Crippen LogP contribution in [0.15, 0.2) is 47.5 Å². The molecule has 3 aromatic rings. The van der Waals surface area contributed by atoms with E-state index in [0.29, 0.717) is 10.6 Å². The molecular formula is C27H28N4O2S. The van der Waals surface area contributed by atoms with Crippen molar-refractivity contribution in [2.75, 3.05) is 31.8 Å². The second-order valence-electron chi connectivity index (χ2n) is 8.63. The van der Waals surface area contributed by atoms with Gasteiger partial charge in [-0.15, -0.1) is 0 Å². The maximum atomic E-state index is 12.7. The molecule has 34 heavy (non-hydrogen) atoms. The normalized spacial score (nSPS) is 13.1. The van der Waals surface area contributed by atoms with Gasteiger partial charge in [0.05, 0.1) is 18.4 Å². The number of aromatic nitrogens is 1. The predicted octanol–water partition coefficient (Wildman–Crippen LogP) is 4.96. The van der Waals surface area contributed by atoms with Crippen LogP contribution in [0.5, 0.6) is 5.75 Å². The highest BCUT2D eigenvalue weighted by Crippen LogP contribution is 2.37. The Balaban J connectivity index is 1.66. The summed E-state index contributed by atoms with van der Waals surface area (Å²) in [6.45, 7) is 5.65. The van der Waals surface area contributed by atoms with Gasteiger partial charge in [-0.3, -0.25) is 4.79 Å². The fourth-order valence-electron chi connectivity index (χ4n) is 4.33. The number of nitrogens with one attached hydrogen (secondary N) is 1. The van der Waals surface area contributed by atoms with Gasteiger partial charge in [-0.25, -0.2) is 4.98 Å². The fraction of sp³-hybridized carbons (Fsp3) is 0.296. The number of methoxy groups -OCH3 is 1. The summed E-state index contributed by atoms with van der Waals surface area (Å²) < 4.78 is 5.31. The molecule has 174 valence electrons. The van der Waals surface area contributed by atoms with Crippen LogP contribution in [0, 0.1) is 25.2 Å². The lowest BCUT2D eigenvalue weighted by atomic mass is 9.92. The molecule has 0 bridgehead atoms. The van der Waals surface area contributed by atoms with Crippen LogP contribution in [0.2, 0.25) is 0 Å². The molecule has 6 nitrogen and oxygen atoms in total. The number of nitriles is 1. The topological polar surface area (TPSA) is 78.2 Å². The number of aryl methyl sites for hydroxylation is 2. The summed E-state index contributed by atoms with van der Waals surface area (Å²) in [5.74, 6) is 0.819. The largest absolute Gasteiger partial charge is 0.497 e. The molecule has 0 aliphatic carbocycles. The summed E-state index contributed by atoms with van der Waals surface area (Å²) >= 11 is 1.31. The smallest absolute Gasteiger partial charge is 0.234 e. The Kier molecular flexibility index (Phi) is 7.20. The number of amides is 1. The average Bonchev–Trinajstić information content (AvgIpc) is 2.81. The number of nitrogens with zero attached hydrogens (tertiary/aromatic N) is 3. The van der Waals surface area contributed by atoms with Gasteiger partial charge in [0.15, 0.2) is 0 Å². The number of hydrogen-bond donors (Lipinski definition) is 1. The van der Waals surface area contributed by atoms with Crippen molar-refractivity contribution in [2.24, 2.45) is 0 Å². The van der Waals surface area contributed by atoms with Crippen LogP contribution in [-0.4, -0.2) is 42.2 Å². The van der Waals surface area contributed by atoms with Crippen LogP contribution in [-0.2, 0) is 17.8 Å². The number of ether oxygens (including phenoxy) is 1. The van der Waals surface area contributed by atoms with Crippen molar-refractivity contribution in [3.05, 3.63) is 70.4 Å². The molecule has 2 aromatic carbocycles. The summed E-state index contributed by atoms with van der Waals surface area (Å²) in [6.07, 6.45) is 0.809. The van der Waals surface area contributed by atoms with Crippen molar-refractivity contribution in [3.63, 3.8) is 0 Å². The molecule has 1 aliphatic heterocycles. The number of carbonyl (C=O) groups is 1. The lowest BCUT2D eigenvalue weighted by molar-refractivity contribution is -0.113. The number of fused-ring (bicyclic) bond motifs is 1. The Labute approximate surface area is 205 Å².